The SMILES string of the molecule is CCc1ncc(CN(C)C[C@H]2CCN(c3ccccc3)C2)cn1. The lowest BCUT2D eigenvalue weighted by molar-refractivity contribution is 0.279. The van der Waals surface area contributed by atoms with Crippen molar-refractivity contribution >= 4 is 5.69 Å². The van der Waals surface area contributed by atoms with Crippen molar-refractivity contribution < 1.29 is 0 Å². The summed E-state index contributed by atoms with van der Waals surface area (Å²) in [5.74, 6) is 1.65. The van der Waals surface area contributed by atoms with Crippen molar-refractivity contribution in [1.29, 1.82) is 0 Å². The van der Waals surface area contributed by atoms with Gasteiger partial charge < -0.3 is 9.80 Å². The van der Waals surface area contributed by atoms with Gasteiger partial charge in [-0.2, -0.15) is 0 Å². The largest absolute Gasteiger partial charge is 0.371 e. The molecule has 1 atom stereocenters. The van der Waals surface area contributed by atoms with Crippen LogP contribution in [0, 0.1) is 5.92 Å². The Bertz CT molecular complexity index is 597. The van der Waals surface area contributed by atoms with E-state index in [9.17, 15) is 0 Å². The minimum Gasteiger partial charge on any atom is -0.371 e. The molecule has 1 saturated heterocycles. The zero-order chi connectivity index (χ0) is 16.1. The van der Waals surface area contributed by atoms with Crippen LogP contribution in [0.5, 0.6) is 0 Å². The molecular formula is C19H26N4. The summed E-state index contributed by atoms with van der Waals surface area (Å²) in [6.07, 6.45) is 6.10. The summed E-state index contributed by atoms with van der Waals surface area (Å²) >= 11 is 0. The summed E-state index contributed by atoms with van der Waals surface area (Å²) in [7, 11) is 2.19. The van der Waals surface area contributed by atoms with Crippen molar-refractivity contribution in [2.24, 2.45) is 5.92 Å². The van der Waals surface area contributed by atoms with Gasteiger partial charge in [-0.1, -0.05) is 25.1 Å². The van der Waals surface area contributed by atoms with Gasteiger partial charge in [0.1, 0.15) is 5.82 Å². The van der Waals surface area contributed by atoms with Gasteiger partial charge in [-0.3, -0.25) is 0 Å². The van der Waals surface area contributed by atoms with E-state index in [0.717, 1.165) is 44.3 Å². The van der Waals surface area contributed by atoms with Crippen LogP contribution in [-0.2, 0) is 13.0 Å². The van der Waals surface area contributed by atoms with Gasteiger partial charge in [0.05, 0.1) is 0 Å². The van der Waals surface area contributed by atoms with Gasteiger partial charge in [0.25, 0.3) is 0 Å². The fraction of sp³-hybridized carbons (Fsp3) is 0.474. The van der Waals surface area contributed by atoms with Crippen LogP contribution in [0.2, 0.25) is 0 Å². The molecule has 122 valence electrons. The molecular weight excluding hydrogens is 284 g/mol. The number of hydrogen-bond donors (Lipinski definition) is 0. The molecule has 0 radical (unpaired) electrons. The van der Waals surface area contributed by atoms with Gasteiger partial charge in [-0.25, -0.2) is 9.97 Å². The predicted octanol–water partition coefficient (Wildman–Crippen LogP) is 3.00. The third kappa shape index (κ3) is 4.29. The minimum absolute atomic E-state index is 0.732. The van der Waals surface area contributed by atoms with Gasteiger partial charge >= 0.3 is 0 Å². The number of para-hydroxylation sites is 1. The second-order valence-corrected chi connectivity index (χ2v) is 6.49. The lowest BCUT2D eigenvalue weighted by atomic mass is 10.1. The van der Waals surface area contributed by atoms with E-state index in [1.54, 1.807) is 0 Å². The molecule has 1 aliphatic heterocycles. The van der Waals surface area contributed by atoms with Crippen LogP contribution < -0.4 is 4.90 Å². The Hall–Kier alpha value is -1.94. The first-order valence-electron chi connectivity index (χ1n) is 8.53. The molecule has 1 aliphatic rings. The van der Waals surface area contributed by atoms with Crippen molar-refractivity contribution in [2.75, 3.05) is 31.6 Å². The second kappa shape index (κ2) is 7.55. The molecule has 1 fully saturated rings. The Morgan fingerprint density at radius 1 is 1.17 bits per heavy atom. The van der Waals surface area contributed by atoms with Gasteiger partial charge in [-0.15, -0.1) is 0 Å². The summed E-state index contributed by atoms with van der Waals surface area (Å²) < 4.78 is 0. The number of aromatic nitrogens is 2. The number of nitrogens with zero attached hydrogens (tertiary/aromatic N) is 4. The van der Waals surface area contributed by atoms with E-state index < -0.39 is 0 Å². The topological polar surface area (TPSA) is 32.3 Å². The first kappa shape index (κ1) is 15.9. The van der Waals surface area contributed by atoms with Crippen LogP contribution in [0.3, 0.4) is 0 Å². The first-order valence-corrected chi connectivity index (χ1v) is 8.53. The maximum absolute atomic E-state index is 4.39. The fourth-order valence-corrected chi connectivity index (χ4v) is 3.32. The molecule has 0 N–H and O–H groups in total. The van der Waals surface area contributed by atoms with Crippen LogP contribution in [0.4, 0.5) is 5.69 Å². The van der Waals surface area contributed by atoms with Crippen LogP contribution in [0.25, 0.3) is 0 Å². The summed E-state index contributed by atoms with van der Waals surface area (Å²) in [5, 5.41) is 0. The van der Waals surface area contributed by atoms with Crippen LogP contribution >= 0.6 is 0 Å². The van der Waals surface area contributed by atoms with Gasteiger partial charge in [0, 0.05) is 56.2 Å². The number of aryl methyl sites for hydroxylation is 1. The molecule has 23 heavy (non-hydrogen) atoms. The molecule has 0 aliphatic carbocycles. The average Bonchev–Trinajstić information content (AvgIpc) is 3.04. The monoisotopic (exact) mass is 310 g/mol. The molecule has 3 rings (SSSR count). The van der Waals surface area contributed by atoms with E-state index in [0.29, 0.717) is 0 Å². The van der Waals surface area contributed by atoms with E-state index in [1.807, 2.05) is 12.4 Å². The molecule has 0 saturated carbocycles. The second-order valence-electron chi connectivity index (χ2n) is 6.49. The number of hydrogen-bond acceptors (Lipinski definition) is 4. The smallest absolute Gasteiger partial charge is 0.127 e. The Morgan fingerprint density at radius 2 is 1.91 bits per heavy atom. The zero-order valence-electron chi connectivity index (χ0n) is 14.2. The minimum atomic E-state index is 0.732. The Morgan fingerprint density at radius 3 is 2.61 bits per heavy atom. The normalized spacial score (nSPS) is 17.9. The molecule has 1 aromatic heterocycles. The molecule has 0 bridgehead atoms. The highest BCUT2D eigenvalue weighted by atomic mass is 15.2. The third-order valence-electron chi connectivity index (χ3n) is 4.50. The molecule has 4 nitrogen and oxygen atoms in total. The lowest BCUT2D eigenvalue weighted by Crippen LogP contribution is -2.28. The molecule has 1 aromatic carbocycles. The van der Waals surface area contributed by atoms with Crippen molar-refractivity contribution in [3.63, 3.8) is 0 Å². The van der Waals surface area contributed by atoms with E-state index >= 15 is 0 Å². The molecule has 2 aromatic rings. The van der Waals surface area contributed by atoms with Gasteiger partial charge in [0.2, 0.25) is 0 Å². The first-order chi connectivity index (χ1) is 11.2. The van der Waals surface area contributed by atoms with E-state index in [-0.39, 0.29) is 0 Å². The summed E-state index contributed by atoms with van der Waals surface area (Å²) in [5.41, 5.74) is 2.55. The van der Waals surface area contributed by atoms with Gasteiger partial charge in [-0.05, 0) is 31.5 Å². The van der Waals surface area contributed by atoms with Gasteiger partial charge in [0.15, 0.2) is 0 Å². The van der Waals surface area contributed by atoms with E-state index in [1.165, 1.54) is 17.7 Å². The predicted molar refractivity (Wildman–Crippen MR) is 94.5 cm³/mol. The van der Waals surface area contributed by atoms with E-state index in [2.05, 4.69) is 64.1 Å². The molecule has 0 unspecified atom stereocenters. The highest BCUT2D eigenvalue weighted by molar-refractivity contribution is 5.46. The molecule has 0 spiro atoms. The molecule has 0 amide bonds. The standard InChI is InChI=1S/C19H26N4/c1-3-19-20-11-17(12-21-19)14-22(2)13-16-9-10-23(15-16)18-7-5-4-6-8-18/h4-8,11-12,16H,3,9-10,13-15H2,1-2H3/t16-/m1/s1. The summed E-state index contributed by atoms with van der Waals surface area (Å²) in [6, 6.07) is 10.7. The van der Waals surface area contributed by atoms with Crippen molar-refractivity contribution in [3.05, 3.63) is 54.1 Å². The third-order valence-corrected chi connectivity index (χ3v) is 4.50. The van der Waals surface area contributed by atoms with Crippen molar-refractivity contribution in [3.8, 4) is 0 Å². The van der Waals surface area contributed by atoms with Crippen LogP contribution in [0.15, 0.2) is 42.7 Å². The van der Waals surface area contributed by atoms with E-state index in [4.69, 9.17) is 0 Å². The average molecular weight is 310 g/mol. The molecule has 4 heteroatoms. The maximum atomic E-state index is 4.39. The fourth-order valence-electron chi connectivity index (χ4n) is 3.32. The maximum Gasteiger partial charge on any atom is 0.127 e. The van der Waals surface area contributed by atoms with Crippen molar-refractivity contribution in [1.82, 2.24) is 14.9 Å². The number of anilines is 1. The zero-order valence-corrected chi connectivity index (χ0v) is 14.2. The quantitative estimate of drug-likeness (QED) is 0.821. The van der Waals surface area contributed by atoms with Crippen LogP contribution in [-0.4, -0.2) is 41.5 Å². The summed E-state index contributed by atoms with van der Waals surface area (Å²) in [4.78, 5) is 13.7. The number of rotatable bonds is 6. The number of benzene rings is 1. The van der Waals surface area contributed by atoms with Crippen LogP contribution in [0.1, 0.15) is 24.7 Å². The van der Waals surface area contributed by atoms with Crippen molar-refractivity contribution in [2.45, 2.75) is 26.3 Å². The Labute approximate surface area is 139 Å². The lowest BCUT2D eigenvalue weighted by Gasteiger charge is -2.22. The molecule has 2 heterocycles. The summed E-state index contributed by atoms with van der Waals surface area (Å²) in [6.45, 7) is 6.45. The Balaban J connectivity index is 1.49. The Kier molecular flexibility index (Phi) is 5.23. The highest BCUT2D eigenvalue weighted by Gasteiger charge is 2.23. The highest BCUT2D eigenvalue weighted by Crippen LogP contribution is 2.24.